The number of pyridine rings is 3. The Morgan fingerprint density at radius 1 is 1.18 bits per heavy atom. The number of halogens is 1. The highest BCUT2D eigenvalue weighted by Crippen LogP contribution is 2.35. The number of amides is 1. The molecule has 5 heterocycles. The second kappa shape index (κ2) is 10.0. The van der Waals surface area contributed by atoms with Gasteiger partial charge in [-0.1, -0.05) is 25.4 Å². The quantitative estimate of drug-likeness (QED) is 0.407. The first-order valence-electron chi connectivity index (χ1n) is 12.4. The van der Waals surface area contributed by atoms with Gasteiger partial charge in [0.25, 0.3) is 0 Å². The highest BCUT2D eigenvalue weighted by Gasteiger charge is 2.30. The van der Waals surface area contributed by atoms with Crippen LogP contribution in [0.2, 0.25) is 5.02 Å². The molecule has 0 saturated carbocycles. The molecular weight excluding hydrogens is 506 g/mol. The van der Waals surface area contributed by atoms with Crippen LogP contribution in [-0.2, 0) is 0 Å². The van der Waals surface area contributed by atoms with Crippen molar-refractivity contribution < 1.29 is 9.90 Å². The Morgan fingerprint density at radius 2 is 1.97 bits per heavy atom. The van der Waals surface area contributed by atoms with E-state index < -0.39 is 11.8 Å². The lowest BCUT2D eigenvalue weighted by molar-refractivity contribution is 0.136. The summed E-state index contributed by atoms with van der Waals surface area (Å²) >= 11 is 6.78. The van der Waals surface area contributed by atoms with Gasteiger partial charge in [0.1, 0.15) is 5.82 Å². The van der Waals surface area contributed by atoms with E-state index >= 15 is 0 Å². The maximum absolute atomic E-state index is 13.8. The molecule has 1 unspecified atom stereocenters. The Hall–Kier alpha value is -4.05. The first-order chi connectivity index (χ1) is 18.2. The predicted molar refractivity (Wildman–Crippen MR) is 146 cm³/mol. The molecule has 1 N–H and O–H groups in total. The van der Waals surface area contributed by atoms with E-state index in [0.717, 1.165) is 11.3 Å². The molecule has 1 fully saturated rings. The number of carboxylic acid groups (broad SMARTS) is 1. The van der Waals surface area contributed by atoms with Gasteiger partial charge >= 0.3 is 11.8 Å². The number of piperazine rings is 1. The predicted octanol–water partition coefficient (Wildman–Crippen LogP) is 4.51. The summed E-state index contributed by atoms with van der Waals surface area (Å²) in [6.45, 7) is 8.85. The third-order valence-corrected chi connectivity index (χ3v) is 7.12. The van der Waals surface area contributed by atoms with Crippen LogP contribution in [0.25, 0.3) is 28.0 Å². The number of rotatable bonds is 4. The maximum atomic E-state index is 13.8. The minimum Gasteiger partial charge on any atom is -0.465 e. The van der Waals surface area contributed by atoms with E-state index in [1.807, 2.05) is 44.7 Å². The molecule has 0 aliphatic carbocycles. The van der Waals surface area contributed by atoms with Gasteiger partial charge in [0.05, 0.1) is 27.5 Å². The lowest BCUT2D eigenvalue weighted by Crippen LogP contribution is -2.54. The van der Waals surface area contributed by atoms with Gasteiger partial charge in [0.2, 0.25) is 0 Å². The number of aryl methyl sites for hydroxylation is 1. The summed E-state index contributed by atoms with van der Waals surface area (Å²) in [5.41, 5.74) is 3.38. The zero-order valence-electron chi connectivity index (χ0n) is 21.6. The Balaban J connectivity index is 1.82. The van der Waals surface area contributed by atoms with Crippen molar-refractivity contribution in [2.24, 2.45) is 0 Å². The molecule has 5 rings (SSSR count). The molecule has 4 aromatic rings. The standard InChI is InChI=1S/C27H28ClN7O3/c1-15(2)21-23(16(3)7-9-30-21)35-25-19(12-20(28)22(31-25)18-6-5-8-29-13-18)24(32-26(35)36)34-11-10-33(27(37)38)14-17(34)4/h5-9,12-13,15,17H,10-11,14H2,1-4H3,(H,37,38). The van der Waals surface area contributed by atoms with E-state index in [2.05, 4.69) is 15.0 Å². The van der Waals surface area contributed by atoms with Gasteiger partial charge in [-0.2, -0.15) is 4.98 Å². The summed E-state index contributed by atoms with van der Waals surface area (Å²) in [4.78, 5) is 47.0. The van der Waals surface area contributed by atoms with Crippen LogP contribution in [0.4, 0.5) is 10.6 Å². The average molecular weight is 534 g/mol. The normalized spacial score (nSPS) is 15.9. The molecule has 0 bridgehead atoms. The largest absolute Gasteiger partial charge is 0.465 e. The van der Waals surface area contributed by atoms with E-state index in [-0.39, 0.29) is 18.5 Å². The Morgan fingerprint density at radius 3 is 2.63 bits per heavy atom. The van der Waals surface area contributed by atoms with Crippen LogP contribution in [0, 0.1) is 6.92 Å². The number of fused-ring (bicyclic) bond motifs is 1. The van der Waals surface area contributed by atoms with E-state index in [9.17, 15) is 14.7 Å². The first-order valence-corrected chi connectivity index (χ1v) is 12.8. The summed E-state index contributed by atoms with van der Waals surface area (Å²) in [6, 6.07) is 7.09. The van der Waals surface area contributed by atoms with Crippen LogP contribution < -0.4 is 10.6 Å². The Bertz CT molecular complexity index is 1590. The molecule has 4 aromatic heterocycles. The number of carbonyl (C=O) groups is 1. The molecule has 1 aliphatic heterocycles. The van der Waals surface area contributed by atoms with Crippen molar-refractivity contribution >= 4 is 34.5 Å². The number of anilines is 1. The van der Waals surface area contributed by atoms with E-state index in [1.54, 1.807) is 30.7 Å². The smallest absolute Gasteiger partial charge is 0.407 e. The average Bonchev–Trinajstić information content (AvgIpc) is 2.89. The Kier molecular flexibility index (Phi) is 6.75. The van der Waals surface area contributed by atoms with Gasteiger partial charge in [-0.15, -0.1) is 0 Å². The lowest BCUT2D eigenvalue weighted by atomic mass is 10.0. The molecule has 1 saturated heterocycles. The van der Waals surface area contributed by atoms with Crippen LogP contribution in [0.1, 0.15) is 37.9 Å². The third-order valence-electron chi connectivity index (χ3n) is 6.83. The SMILES string of the molecule is Cc1ccnc(C(C)C)c1-n1c(=O)nc(N2CCN(C(=O)O)CC2C)c2cc(Cl)c(-c3cccnc3)nc21. The molecule has 10 nitrogen and oxygen atoms in total. The van der Waals surface area contributed by atoms with Crippen LogP contribution in [0.15, 0.2) is 47.7 Å². The van der Waals surface area contributed by atoms with E-state index in [0.29, 0.717) is 51.9 Å². The van der Waals surface area contributed by atoms with Gasteiger partial charge in [-0.25, -0.2) is 19.1 Å². The van der Waals surface area contributed by atoms with Gasteiger partial charge in [0.15, 0.2) is 5.65 Å². The highest BCUT2D eigenvalue weighted by molar-refractivity contribution is 6.33. The van der Waals surface area contributed by atoms with Crippen molar-refractivity contribution in [1.29, 1.82) is 0 Å². The molecular formula is C27H28ClN7O3. The molecule has 38 heavy (non-hydrogen) atoms. The number of nitrogens with zero attached hydrogens (tertiary/aromatic N) is 7. The van der Waals surface area contributed by atoms with Crippen LogP contribution in [0.5, 0.6) is 0 Å². The van der Waals surface area contributed by atoms with Gasteiger partial charge in [-0.05, 0) is 49.6 Å². The summed E-state index contributed by atoms with van der Waals surface area (Å²) in [6.07, 6.45) is 4.11. The van der Waals surface area contributed by atoms with Crippen molar-refractivity contribution in [1.82, 2.24) is 29.4 Å². The van der Waals surface area contributed by atoms with Gasteiger partial charge < -0.3 is 14.9 Å². The van der Waals surface area contributed by atoms with Gasteiger partial charge in [0, 0.05) is 49.8 Å². The van der Waals surface area contributed by atoms with Crippen molar-refractivity contribution in [2.75, 3.05) is 24.5 Å². The zero-order valence-corrected chi connectivity index (χ0v) is 22.3. The topological polar surface area (TPSA) is 117 Å². The van der Waals surface area contributed by atoms with Crippen molar-refractivity contribution in [3.8, 4) is 16.9 Å². The maximum Gasteiger partial charge on any atom is 0.407 e. The zero-order chi connectivity index (χ0) is 27.1. The fourth-order valence-electron chi connectivity index (χ4n) is 4.96. The summed E-state index contributed by atoms with van der Waals surface area (Å²) in [5, 5.41) is 10.4. The van der Waals surface area contributed by atoms with Crippen molar-refractivity contribution in [3.05, 3.63) is 69.6 Å². The third kappa shape index (κ3) is 4.45. The monoisotopic (exact) mass is 533 g/mol. The van der Waals surface area contributed by atoms with Crippen molar-refractivity contribution in [3.63, 3.8) is 0 Å². The number of hydrogen-bond donors (Lipinski definition) is 1. The second-order valence-corrected chi connectivity index (χ2v) is 10.2. The van der Waals surface area contributed by atoms with Gasteiger partial charge in [-0.3, -0.25) is 9.97 Å². The molecule has 1 aliphatic rings. The minimum absolute atomic E-state index is 0.0424. The molecule has 11 heteroatoms. The number of hydrogen-bond acceptors (Lipinski definition) is 7. The van der Waals surface area contributed by atoms with Crippen molar-refractivity contribution in [2.45, 2.75) is 39.7 Å². The number of aromatic nitrogens is 5. The van der Waals surface area contributed by atoms with E-state index in [1.165, 1.54) is 9.47 Å². The minimum atomic E-state index is -0.969. The molecule has 1 atom stereocenters. The molecule has 196 valence electrons. The molecule has 0 aromatic carbocycles. The Labute approximate surface area is 224 Å². The molecule has 0 spiro atoms. The van der Waals surface area contributed by atoms with Crippen LogP contribution in [0.3, 0.4) is 0 Å². The lowest BCUT2D eigenvalue weighted by Gasteiger charge is -2.39. The summed E-state index contributed by atoms with van der Waals surface area (Å²) in [5.74, 6) is 0.472. The molecule has 1 amide bonds. The van der Waals surface area contributed by atoms with Crippen LogP contribution in [-0.4, -0.2) is 66.3 Å². The fourth-order valence-corrected chi connectivity index (χ4v) is 5.22. The second-order valence-electron chi connectivity index (χ2n) is 9.77. The summed E-state index contributed by atoms with van der Waals surface area (Å²) < 4.78 is 1.52. The fraction of sp³-hybridized carbons (Fsp3) is 0.333. The molecule has 0 radical (unpaired) electrons. The highest BCUT2D eigenvalue weighted by atomic mass is 35.5. The van der Waals surface area contributed by atoms with E-state index in [4.69, 9.17) is 16.6 Å². The van der Waals surface area contributed by atoms with Crippen LogP contribution >= 0.6 is 11.6 Å². The first kappa shape index (κ1) is 25.6. The summed E-state index contributed by atoms with van der Waals surface area (Å²) in [7, 11) is 0.